The molecule has 3 unspecified atom stereocenters. The topological polar surface area (TPSA) is 82.1 Å². The predicted octanol–water partition coefficient (Wildman–Crippen LogP) is 1.10. The minimum absolute atomic E-state index is 0.378. The largest absolute Gasteiger partial charge is 0.467 e. The van der Waals surface area contributed by atoms with Gasteiger partial charge in [-0.05, 0) is 34.1 Å². The van der Waals surface area contributed by atoms with Crippen LogP contribution < -0.4 is 0 Å². The first-order valence-corrected chi connectivity index (χ1v) is 6.89. The summed E-state index contributed by atoms with van der Waals surface area (Å²) in [6.07, 6.45) is -0.371. The normalized spacial score (nSPS) is 32.0. The van der Waals surface area contributed by atoms with Gasteiger partial charge in [0.05, 0.1) is 13.0 Å². The van der Waals surface area contributed by atoms with Crippen molar-refractivity contribution in [1.82, 2.24) is 4.90 Å². The lowest BCUT2D eigenvalue weighted by atomic mass is 9.87. The molecule has 2 amide bonds. The smallest absolute Gasteiger partial charge is 0.417 e. The van der Waals surface area contributed by atoms with Crippen molar-refractivity contribution in [1.29, 1.82) is 0 Å². The number of imide groups is 1. The highest BCUT2D eigenvalue weighted by molar-refractivity contribution is 6.02. The Kier molecular flexibility index (Phi) is 3.73. The van der Waals surface area contributed by atoms with E-state index in [1.54, 1.807) is 27.7 Å². The van der Waals surface area contributed by atoms with Crippen molar-refractivity contribution in [2.24, 2.45) is 5.92 Å². The monoisotopic (exact) mass is 299 g/mol. The van der Waals surface area contributed by atoms with Crippen LogP contribution >= 0.6 is 0 Å². The van der Waals surface area contributed by atoms with Gasteiger partial charge in [-0.2, -0.15) is 0 Å². The number of carbonyl (C=O) groups excluding carboxylic acids is 3. The fraction of sp³-hybridized carbons (Fsp3) is 0.786. The second-order valence-corrected chi connectivity index (χ2v) is 6.49. The summed E-state index contributed by atoms with van der Waals surface area (Å²) in [6.45, 7) is 7.12. The number of rotatable bonds is 1. The molecule has 7 nitrogen and oxygen atoms in total. The average molecular weight is 299 g/mol. The summed E-state index contributed by atoms with van der Waals surface area (Å²) in [5.41, 5.74) is -1.82. The Morgan fingerprint density at radius 3 is 2.52 bits per heavy atom. The zero-order chi connectivity index (χ0) is 16.0. The highest BCUT2D eigenvalue weighted by Gasteiger charge is 2.65. The van der Waals surface area contributed by atoms with Gasteiger partial charge >= 0.3 is 12.1 Å². The first-order chi connectivity index (χ1) is 9.62. The summed E-state index contributed by atoms with van der Waals surface area (Å²) in [4.78, 5) is 37.7. The van der Waals surface area contributed by atoms with Gasteiger partial charge in [-0.25, -0.2) is 14.5 Å². The molecule has 0 bridgehead atoms. The van der Waals surface area contributed by atoms with Crippen LogP contribution in [0.4, 0.5) is 4.79 Å². The van der Waals surface area contributed by atoms with Crippen molar-refractivity contribution in [3.8, 4) is 0 Å². The standard InChI is InChI=1S/C14H21NO6/c1-13(2,3)21-12(18)15-9(11(17)19-5)14(4)8(10(15)16)6-7-20-14/h8-9H,6-7H2,1-5H3. The molecule has 0 aromatic rings. The van der Waals surface area contributed by atoms with Gasteiger partial charge in [0.25, 0.3) is 0 Å². The molecule has 2 saturated heterocycles. The quantitative estimate of drug-likeness (QED) is 0.674. The number of carbonyl (C=O) groups is 3. The Balaban J connectivity index is 2.37. The Morgan fingerprint density at radius 2 is 2.00 bits per heavy atom. The highest BCUT2D eigenvalue weighted by Crippen LogP contribution is 2.45. The van der Waals surface area contributed by atoms with E-state index in [-0.39, 0.29) is 0 Å². The van der Waals surface area contributed by atoms with Gasteiger partial charge in [0.1, 0.15) is 11.2 Å². The molecule has 3 atom stereocenters. The zero-order valence-electron chi connectivity index (χ0n) is 13.0. The summed E-state index contributed by atoms with van der Waals surface area (Å²) < 4.78 is 15.6. The summed E-state index contributed by atoms with van der Waals surface area (Å²) in [6, 6.07) is -1.11. The molecule has 0 saturated carbocycles. The SMILES string of the molecule is COC(=O)C1N(C(=O)OC(C)(C)C)C(=O)C2CCOC21C. The van der Waals surface area contributed by atoms with E-state index in [1.807, 2.05) is 0 Å². The predicted molar refractivity (Wildman–Crippen MR) is 71.3 cm³/mol. The number of hydrogen-bond acceptors (Lipinski definition) is 6. The minimum Gasteiger partial charge on any atom is -0.467 e. The van der Waals surface area contributed by atoms with Crippen LogP contribution in [0.3, 0.4) is 0 Å². The Morgan fingerprint density at radius 1 is 1.38 bits per heavy atom. The highest BCUT2D eigenvalue weighted by atomic mass is 16.6. The maximum atomic E-state index is 12.5. The van der Waals surface area contributed by atoms with Crippen LogP contribution in [0, 0.1) is 5.92 Å². The Hall–Kier alpha value is -1.63. The molecule has 2 fully saturated rings. The fourth-order valence-electron chi connectivity index (χ4n) is 2.93. The summed E-state index contributed by atoms with van der Waals surface area (Å²) in [5, 5.41) is 0. The maximum Gasteiger partial charge on any atom is 0.417 e. The van der Waals surface area contributed by atoms with Crippen LogP contribution in [0.25, 0.3) is 0 Å². The first kappa shape index (κ1) is 15.8. The van der Waals surface area contributed by atoms with Crippen molar-refractivity contribution in [2.75, 3.05) is 13.7 Å². The third kappa shape index (κ3) is 2.50. The van der Waals surface area contributed by atoms with Crippen molar-refractivity contribution in [2.45, 2.75) is 51.4 Å². The molecule has 0 spiro atoms. The first-order valence-electron chi connectivity index (χ1n) is 6.89. The minimum atomic E-state index is -1.11. The van der Waals surface area contributed by atoms with Crippen molar-refractivity contribution in [3.63, 3.8) is 0 Å². The lowest BCUT2D eigenvalue weighted by molar-refractivity contribution is -0.155. The van der Waals surface area contributed by atoms with E-state index in [0.29, 0.717) is 13.0 Å². The van der Waals surface area contributed by atoms with Crippen molar-refractivity contribution < 1.29 is 28.6 Å². The number of hydrogen-bond donors (Lipinski definition) is 0. The molecule has 0 N–H and O–H groups in total. The molecular formula is C14H21NO6. The average Bonchev–Trinajstić information content (AvgIpc) is 2.82. The van der Waals surface area contributed by atoms with Crippen LogP contribution in [0.15, 0.2) is 0 Å². The van der Waals surface area contributed by atoms with Gasteiger partial charge in [0.15, 0.2) is 6.04 Å². The molecule has 0 radical (unpaired) electrons. The van der Waals surface area contributed by atoms with Crippen LogP contribution in [0.2, 0.25) is 0 Å². The van der Waals surface area contributed by atoms with E-state index in [0.717, 1.165) is 4.90 Å². The summed E-state index contributed by atoms with van der Waals surface area (Å²) >= 11 is 0. The molecular weight excluding hydrogens is 278 g/mol. The van der Waals surface area contributed by atoms with E-state index in [2.05, 4.69) is 0 Å². The van der Waals surface area contributed by atoms with Crippen LogP contribution in [-0.2, 0) is 23.8 Å². The number of methoxy groups -OCH3 is 1. The number of ether oxygens (including phenoxy) is 3. The van der Waals surface area contributed by atoms with Gasteiger partial charge in [0, 0.05) is 6.61 Å². The lowest BCUT2D eigenvalue weighted by Crippen LogP contribution is -2.53. The molecule has 0 aromatic carbocycles. The summed E-state index contributed by atoms with van der Waals surface area (Å²) in [5.74, 6) is -1.66. The van der Waals surface area contributed by atoms with Gasteiger partial charge in [-0.15, -0.1) is 0 Å². The van der Waals surface area contributed by atoms with Crippen LogP contribution in [-0.4, -0.2) is 53.8 Å². The van der Waals surface area contributed by atoms with Gasteiger partial charge < -0.3 is 14.2 Å². The van der Waals surface area contributed by atoms with Gasteiger partial charge in [0.2, 0.25) is 5.91 Å². The molecule has 2 rings (SSSR count). The second-order valence-electron chi connectivity index (χ2n) is 6.49. The third-order valence-corrected chi connectivity index (χ3v) is 3.86. The molecule has 2 aliphatic heterocycles. The number of nitrogens with zero attached hydrogens (tertiary/aromatic N) is 1. The van der Waals surface area contributed by atoms with E-state index < -0.39 is 41.1 Å². The van der Waals surface area contributed by atoms with Crippen LogP contribution in [0.1, 0.15) is 34.1 Å². The van der Waals surface area contributed by atoms with E-state index >= 15 is 0 Å². The van der Waals surface area contributed by atoms with E-state index in [1.165, 1.54) is 7.11 Å². The molecule has 0 aromatic heterocycles. The fourth-order valence-corrected chi connectivity index (χ4v) is 2.93. The molecule has 2 heterocycles. The molecule has 2 aliphatic rings. The Bertz CT molecular complexity index is 482. The van der Waals surface area contributed by atoms with Crippen LogP contribution in [0.5, 0.6) is 0 Å². The molecule has 118 valence electrons. The number of fused-ring (bicyclic) bond motifs is 1. The van der Waals surface area contributed by atoms with E-state index in [9.17, 15) is 14.4 Å². The van der Waals surface area contributed by atoms with E-state index in [4.69, 9.17) is 14.2 Å². The molecule has 7 heteroatoms. The number of likely N-dealkylation sites (tertiary alicyclic amines) is 1. The van der Waals surface area contributed by atoms with Gasteiger partial charge in [-0.3, -0.25) is 4.79 Å². The lowest BCUT2D eigenvalue weighted by Gasteiger charge is -2.31. The molecule has 21 heavy (non-hydrogen) atoms. The number of amides is 2. The van der Waals surface area contributed by atoms with Gasteiger partial charge in [-0.1, -0.05) is 0 Å². The Labute approximate surface area is 123 Å². The summed E-state index contributed by atoms with van der Waals surface area (Å²) in [7, 11) is 1.21. The zero-order valence-corrected chi connectivity index (χ0v) is 13.0. The maximum absolute atomic E-state index is 12.5. The second kappa shape index (κ2) is 4.98. The van der Waals surface area contributed by atoms with Crippen molar-refractivity contribution >= 4 is 18.0 Å². The third-order valence-electron chi connectivity index (χ3n) is 3.86. The molecule has 0 aliphatic carbocycles. The number of esters is 1. The van der Waals surface area contributed by atoms with Crippen molar-refractivity contribution in [3.05, 3.63) is 0 Å².